The molecule has 0 unspecified atom stereocenters. The summed E-state index contributed by atoms with van der Waals surface area (Å²) in [6, 6.07) is 6.79. The number of hydrogen-bond donors (Lipinski definition) is 2. The SMILES string of the molecule is CCNCc1ccc(S(=O)(=O)NCc2ccc(C)nc2)o1. The molecule has 2 N–H and O–H groups in total. The molecule has 2 heterocycles. The second-order valence-electron chi connectivity index (χ2n) is 4.63. The minimum absolute atomic E-state index is 0.0736. The average molecular weight is 309 g/mol. The predicted octanol–water partition coefficient (Wildman–Crippen LogP) is 1.57. The van der Waals surface area contributed by atoms with E-state index in [0.717, 1.165) is 17.8 Å². The molecule has 0 aliphatic heterocycles. The van der Waals surface area contributed by atoms with Crippen molar-refractivity contribution in [3.05, 3.63) is 47.5 Å². The van der Waals surface area contributed by atoms with Gasteiger partial charge in [-0.25, -0.2) is 13.1 Å². The zero-order valence-corrected chi connectivity index (χ0v) is 12.9. The van der Waals surface area contributed by atoms with Crippen molar-refractivity contribution in [2.75, 3.05) is 6.54 Å². The van der Waals surface area contributed by atoms with E-state index in [4.69, 9.17) is 4.42 Å². The van der Waals surface area contributed by atoms with Crippen molar-refractivity contribution < 1.29 is 12.8 Å². The fraction of sp³-hybridized carbons (Fsp3) is 0.357. The van der Waals surface area contributed by atoms with Crippen LogP contribution in [0.1, 0.15) is 23.9 Å². The summed E-state index contributed by atoms with van der Waals surface area (Å²) in [7, 11) is -3.65. The van der Waals surface area contributed by atoms with Crippen LogP contribution in [0.15, 0.2) is 40.0 Å². The Morgan fingerprint density at radius 2 is 2.00 bits per heavy atom. The van der Waals surface area contributed by atoms with Gasteiger partial charge in [0.1, 0.15) is 5.76 Å². The number of aryl methyl sites for hydroxylation is 1. The first-order valence-corrected chi connectivity index (χ1v) is 8.20. The fourth-order valence-electron chi connectivity index (χ4n) is 1.70. The number of furan rings is 1. The van der Waals surface area contributed by atoms with Crippen molar-refractivity contribution in [1.82, 2.24) is 15.0 Å². The molecule has 0 atom stereocenters. The zero-order chi connectivity index (χ0) is 15.3. The fourth-order valence-corrected chi connectivity index (χ4v) is 2.66. The van der Waals surface area contributed by atoms with Crippen molar-refractivity contribution in [1.29, 1.82) is 0 Å². The van der Waals surface area contributed by atoms with E-state index < -0.39 is 10.0 Å². The van der Waals surface area contributed by atoms with Crippen molar-refractivity contribution >= 4 is 10.0 Å². The second-order valence-corrected chi connectivity index (χ2v) is 6.33. The lowest BCUT2D eigenvalue weighted by atomic mass is 10.2. The van der Waals surface area contributed by atoms with E-state index in [1.807, 2.05) is 26.0 Å². The summed E-state index contributed by atoms with van der Waals surface area (Å²) in [5, 5.41) is 3.00. The first-order valence-electron chi connectivity index (χ1n) is 6.72. The van der Waals surface area contributed by atoms with Crippen molar-refractivity contribution in [3.63, 3.8) is 0 Å². The van der Waals surface area contributed by atoms with Gasteiger partial charge >= 0.3 is 0 Å². The van der Waals surface area contributed by atoms with Gasteiger partial charge in [-0.2, -0.15) is 0 Å². The van der Waals surface area contributed by atoms with Crippen LogP contribution in [0, 0.1) is 6.92 Å². The Kier molecular flexibility index (Phi) is 5.11. The van der Waals surface area contributed by atoms with Crippen molar-refractivity contribution in [2.24, 2.45) is 0 Å². The average Bonchev–Trinajstić information content (AvgIpc) is 2.94. The number of nitrogens with one attached hydrogen (secondary N) is 2. The highest BCUT2D eigenvalue weighted by Crippen LogP contribution is 2.14. The lowest BCUT2D eigenvalue weighted by Crippen LogP contribution is -2.22. The molecule has 6 nitrogen and oxygen atoms in total. The van der Waals surface area contributed by atoms with E-state index in [1.54, 1.807) is 12.3 Å². The lowest BCUT2D eigenvalue weighted by Gasteiger charge is -2.04. The van der Waals surface area contributed by atoms with Gasteiger partial charge in [0.05, 0.1) is 6.54 Å². The maximum atomic E-state index is 12.1. The number of sulfonamides is 1. The van der Waals surface area contributed by atoms with Crippen LogP contribution in [0.25, 0.3) is 0 Å². The largest absolute Gasteiger partial charge is 0.447 e. The minimum atomic E-state index is -3.65. The van der Waals surface area contributed by atoms with Gasteiger partial charge in [-0.15, -0.1) is 0 Å². The number of rotatable bonds is 7. The Morgan fingerprint density at radius 1 is 1.19 bits per heavy atom. The Labute approximate surface area is 124 Å². The number of pyridine rings is 1. The van der Waals surface area contributed by atoms with Crippen LogP contribution in [0.5, 0.6) is 0 Å². The maximum Gasteiger partial charge on any atom is 0.274 e. The molecule has 2 aromatic rings. The molecule has 2 rings (SSSR count). The van der Waals surface area contributed by atoms with Crippen LogP contribution < -0.4 is 10.0 Å². The smallest absolute Gasteiger partial charge is 0.274 e. The van der Waals surface area contributed by atoms with Gasteiger partial charge in [0.2, 0.25) is 5.09 Å². The third-order valence-electron chi connectivity index (χ3n) is 2.89. The highest BCUT2D eigenvalue weighted by molar-refractivity contribution is 7.89. The van der Waals surface area contributed by atoms with E-state index in [9.17, 15) is 8.42 Å². The second kappa shape index (κ2) is 6.84. The first-order chi connectivity index (χ1) is 10.0. The van der Waals surface area contributed by atoms with Gasteiger partial charge in [-0.3, -0.25) is 4.98 Å². The minimum Gasteiger partial charge on any atom is -0.447 e. The summed E-state index contributed by atoms with van der Waals surface area (Å²) in [5.41, 5.74) is 1.68. The van der Waals surface area contributed by atoms with Gasteiger partial charge < -0.3 is 9.73 Å². The summed E-state index contributed by atoms with van der Waals surface area (Å²) in [6.07, 6.45) is 1.65. The first kappa shape index (κ1) is 15.7. The highest BCUT2D eigenvalue weighted by atomic mass is 32.2. The van der Waals surface area contributed by atoms with E-state index in [2.05, 4.69) is 15.0 Å². The van der Waals surface area contributed by atoms with Crippen molar-refractivity contribution in [3.8, 4) is 0 Å². The Bertz CT molecular complexity index is 678. The molecule has 0 bridgehead atoms. The van der Waals surface area contributed by atoms with Crippen LogP contribution in [0.4, 0.5) is 0 Å². The van der Waals surface area contributed by atoms with Gasteiger partial charge in [0.15, 0.2) is 0 Å². The molecular weight excluding hydrogens is 290 g/mol. The van der Waals surface area contributed by atoms with Gasteiger partial charge in [-0.05, 0) is 37.2 Å². The van der Waals surface area contributed by atoms with E-state index >= 15 is 0 Å². The molecule has 0 saturated heterocycles. The predicted molar refractivity (Wildman–Crippen MR) is 79.1 cm³/mol. The zero-order valence-electron chi connectivity index (χ0n) is 12.1. The molecule has 0 aliphatic rings. The quantitative estimate of drug-likeness (QED) is 0.811. The lowest BCUT2D eigenvalue weighted by molar-refractivity contribution is 0.401. The molecule has 21 heavy (non-hydrogen) atoms. The van der Waals surface area contributed by atoms with Gasteiger partial charge in [0, 0.05) is 18.4 Å². The summed E-state index contributed by atoms with van der Waals surface area (Å²) >= 11 is 0. The van der Waals surface area contributed by atoms with E-state index in [0.29, 0.717) is 12.3 Å². The Hall–Kier alpha value is -1.70. The monoisotopic (exact) mass is 309 g/mol. The van der Waals surface area contributed by atoms with E-state index in [1.165, 1.54) is 6.07 Å². The van der Waals surface area contributed by atoms with Crippen LogP contribution >= 0.6 is 0 Å². The molecule has 0 spiro atoms. The van der Waals surface area contributed by atoms with Crippen LogP contribution in [0.3, 0.4) is 0 Å². The Morgan fingerprint density at radius 3 is 2.67 bits per heavy atom. The van der Waals surface area contributed by atoms with Crippen LogP contribution in [-0.2, 0) is 23.1 Å². The number of nitrogens with zero attached hydrogens (tertiary/aromatic N) is 1. The van der Waals surface area contributed by atoms with E-state index in [-0.39, 0.29) is 11.6 Å². The molecular formula is C14H19N3O3S. The van der Waals surface area contributed by atoms with Gasteiger partial charge in [-0.1, -0.05) is 13.0 Å². The number of aromatic nitrogens is 1. The Balaban J connectivity index is 2.00. The third-order valence-corrected chi connectivity index (χ3v) is 4.16. The topological polar surface area (TPSA) is 84.2 Å². The molecule has 114 valence electrons. The molecule has 0 fully saturated rings. The molecule has 0 amide bonds. The summed E-state index contributed by atoms with van der Waals surface area (Å²) in [6.45, 7) is 5.33. The summed E-state index contributed by atoms with van der Waals surface area (Å²) in [4.78, 5) is 4.12. The third kappa shape index (κ3) is 4.38. The molecule has 2 aromatic heterocycles. The molecule has 0 saturated carbocycles. The molecule has 0 aliphatic carbocycles. The van der Waals surface area contributed by atoms with Crippen LogP contribution in [0.2, 0.25) is 0 Å². The molecule has 0 aromatic carbocycles. The highest BCUT2D eigenvalue weighted by Gasteiger charge is 2.18. The van der Waals surface area contributed by atoms with Crippen LogP contribution in [-0.4, -0.2) is 19.9 Å². The summed E-state index contributed by atoms with van der Waals surface area (Å²) in [5.74, 6) is 0.592. The standard InChI is InChI=1S/C14H19N3O3S/c1-3-15-10-13-6-7-14(20-13)21(18,19)17-9-12-5-4-11(2)16-8-12/h4-8,15,17H,3,9-10H2,1-2H3. The molecule has 7 heteroatoms. The molecule has 0 radical (unpaired) electrons. The maximum absolute atomic E-state index is 12.1. The summed E-state index contributed by atoms with van der Waals surface area (Å²) < 4.78 is 32.1. The van der Waals surface area contributed by atoms with Crippen molar-refractivity contribution in [2.45, 2.75) is 32.0 Å². The normalized spacial score (nSPS) is 11.7. The van der Waals surface area contributed by atoms with Gasteiger partial charge in [0.25, 0.3) is 10.0 Å². The number of hydrogen-bond acceptors (Lipinski definition) is 5.